The first kappa shape index (κ1) is 9.67. The van der Waals surface area contributed by atoms with E-state index >= 15 is 0 Å². The summed E-state index contributed by atoms with van der Waals surface area (Å²) in [5.74, 6) is 0.515. The molecule has 0 fully saturated rings. The van der Waals surface area contributed by atoms with Gasteiger partial charge in [0.25, 0.3) is 0 Å². The van der Waals surface area contributed by atoms with E-state index in [2.05, 4.69) is 9.97 Å². The molecule has 4 heteroatoms. The molecule has 0 saturated carbocycles. The van der Waals surface area contributed by atoms with E-state index in [1.165, 1.54) is 0 Å². The van der Waals surface area contributed by atoms with Gasteiger partial charge in [0, 0.05) is 12.7 Å². The molecule has 13 heavy (non-hydrogen) atoms. The van der Waals surface area contributed by atoms with Crippen molar-refractivity contribution in [3.8, 4) is 5.88 Å². The Morgan fingerprint density at radius 2 is 2.38 bits per heavy atom. The number of hydrogen-bond donors (Lipinski definition) is 1. The first-order valence-electron chi connectivity index (χ1n) is 4.11. The molecule has 2 N–H and O–H groups in total. The first-order chi connectivity index (χ1) is 6.36. The Morgan fingerprint density at radius 3 is 3.08 bits per heavy atom. The van der Waals surface area contributed by atoms with E-state index < -0.39 is 0 Å². The Hall–Kier alpha value is -1.42. The molecule has 0 radical (unpaired) electrons. The molecule has 0 bridgehead atoms. The third kappa shape index (κ3) is 3.21. The van der Waals surface area contributed by atoms with Crippen LogP contribution in [0.5, 0.6) is 5.88 Å². The zero-order valence-corrected chi connectivity index (χ0v) is 7.60. The molecular formula is C9H13N3O. The Labute approximate surface area is 77.5 Å². The van der Waals surface area contributed by atoms with Gasteiger partial charge >= 0.3 is 0 Å². The van der Waals surface area contributed by atoms with Crippen LogP contribution in [0.25, 0.3) is 0 Å². The van der Waals surface area contributed by atoms with Crippen LogP contribution in [0.2, 0.25) is 0 Å². The molecule has 0 saturated heterocycles. The lowest BCUT2D eigenvalue weighted by molar-refractivity contribution is 0.345. The van der Waals surface area contributed by atoms with E-state index in [4.69, 9.17) is 10.5 Å². The molecule has 0 atom stereocenters. The van der Waals surface area contributed by atoms with Crippen LogP contribution in [0.4, 0.5) is 0 Å². The van der Waals surface area contributed by atoms with Crippen molar-refractivity contribution >= 4 is 0 Å². The Morgan fingerprint density at radius 1 is 1.54 bits per heavy atom. The number of aromatic nitrogens is 2. The Balaban J connectivity index is 2.56. The second kappa shape index (κ2) is 5.27. The highest BCUT2D eigenvalue weighted by atomic mass is 16.5. The third-order valence-corrected chi connectivity index (χ3v) is 1.43. The molecule has 1 heterocycles. The summed E-state index contributed by atoms with van der Waals surface area (Å²) in [6.07, 6.45) is 7.02. The highest BCUT2D eigenvalue weighted by Gasteiger charge is 1.95. The second-order valence-electron chi connectivity index (χ2n) is 2.43. The largest absolute Gasteiger partial charge is 0.472 e. The molecule has 1 aromatic heterocycles. The standard InChI is InChI=1S/C9H13N3O/c1-2-3-4-13-9-7-11-6-8(5-10)12-9/h2-3,6-7H,4-5,10H2,1H3. The van der Waals surface area contributed by atoms with Crippen LogP contribution < -0.4 is 10.5 Å². The van der Waals surface area contributed by atoms with Crippen molar-refractivity contribution in [2.75, 3.05) is 6.61 Å². The van der Waals surface area contributed by atoms with Gasteiger partial charge in [-0.2, -0.15) is 0 Å². The van der Waals surface area contributed by atoms with Crippen LogP contribution in [0, 0.1) is 0 Å². The minimum atomic E-state index is 0.383. The maximum atomic E-state index is 5.40. The molecule has 0 aromatic carbocycles. The van der Waals surface area contributed by atoms with Crippen LogP contribution in [0.1, 0.15) is 12.6 Å². The minimum absolute atomic E-state index is 0.383. The molecule has 0 amide bonds. The molecule has 0 aliphatic heterocycles. The highest BCUT2D eigenvalue weighted by Crippen LogP contribution is 2.04. The summed E-state index contributed by atoms with van der Waals surface area (Å²) >= 11 is 0. The summed E-state index contributed by atoms with van der Waals surface area (Å²) in [5.41, 5.74) is 6.14. The fraction of sp³-hybridized carbons (Fsp3) is 0.333. The summed E-state index contributed by atoms with van der Waals surface area (Å²) in [6.45, 7) is 2.83. The Kier molecular flexibility index (Phi) is 3.92. The number of ether oxygens (including phenoxy) is 1. The van der Waals surface area contributed by atoms with E-state index in [9.17, 15) is 0 Å². The fourth-order valence-corrected chi connectivity index (χ4v) is 0.784. The van der Waals surface area contributed by atoms with Crippen molar-refractivity contribution in [1.82, 2.24) is 9.97 Å². The first-order valence-corrected chi connectivity index (χ1v) is 4.11. The lowest BCUT2D eigenvalue weighted by atomic mass is 10.4. The van der Waals surface area contributed by atoms with Gasteiger partial charge in [-0.25, -0.2) is 4.98 Å². The molecule has 1 aromatic rings. The van der Waals surface area contributed by atoms with Gasteiger partial charge in [-0.3, -0.25) is 4.98 Å². The van der Waals surface area contributed by atoms with Gasteiger partial charge in [-0.15, -0.1) is 0 Å². The summed E-state index contributed by atoms with van der Waals surface area (Å²) in [6, 6.07) is 0. The fourth-order valence-electron chi connectivity index (χ4n) is 0.784. The van der Waals surface area contributed by atoms with Crippen LogP contribution in [0.3, 0.4) is 0 Å². The van der Waals surface area contributed by atoms with Crippen molar-refractivity contribution < 1.29 is 4.74 Å². The zero-order chi connectivity index (χ0) is 9.52. The summed E-state index contributed by atoms with van der Waals surface area (Å²) in [4.78, 5) is 8.06. The number of hydrogen-bond acceptors (Lipinski definition) is 4. The number of nitrogens with zero attached hydrogens (tertiary/aromatic N) is 2. The maximum absolute atomic E-state index is 5.40. The van der Waals surface area contributed by atoms with Gasteiger partial charge in [0.05, 0.1) is 11.9 Å². The molecule has 0 aliphatic carbocycles. The molecule has 0 spiro atoms. The van der Waals surface area contributed by atoms with E-state index in [-0.39, 0.29) is 0 Å². The molecule has 1 rings (SSSR count). The van der Waals surface area contributed by atoms with Gasteiger partial charge in [0.15, 0.2) is 0 Å². The second-order valence-corrected chi connectivity index (χ2v) is 2.43. The van der Waals surface area contributed by atoms with Gasteiger partial charge in [0.1, 0.15) is 6.61 Å². The van der Waals surface area contributed by atoms with E-state index in [0.29, 0.717) is 19.0 Å². The molecule has 0 unspecified atom stereocenters. The summed E-state index contributed by atoms with van der Waals surface area (Å²) in [5, 5.41) is 0. The summed E-state index contributed by atoms with van der Waals surface area (Å²) < 4.78 is 5.27. The monoisotopic (exact) mass is 179 g/mol. The molecular weight excluding hydrogens is 166 g/mol. The van der Waals surface area contributed by atoms with Crippen LogP contribution in [-0.2, 0) is 6.54 Å². The smallest absolute Gasteiger partial charge is 0.232 e. The van der Waals surface area contributed by atoms with Gasteiger partial charge in [-0.05, 0) is 6.92 Å². The number of rotatable bonds is 4. The van der Waals surface area contributed by atoms with E-state index in [0.717, 1.165) is 5.69 Å². The van der Waals surface area contributed by atoms with Crippen LogP contribution in [-0.4, -0.2) is 16.6 Å². The highest BCUT2D eigenvalue weighted by molar-refractivity contribution is 5.08. The predicted molar refractivity (Wildman–Crippen MR) is 50.2 cm³/mol. The van der Waals surface area contributed by atoms with Crippen LogP contribution in [0.15, 0.2) is 24.5 Å². The number of nitrogens with two attached hydrogens (primary N) is 1. The van der Waals surface area contributed by atoms with Crippen molar-refractivity contribution in [3.63, 3.8) is 0 Å². The molecule has 4 nitrogen and oxygen atoms in total. The molecule has 70 valence electrons. The average Bonchev–Trinajstić information content (AvgIpc) is 2.19. The lowest BCUT2D eigenvalue weighted by Crippen LogP contribution is -2.03. The Bertz CT molecular complexity index is 286. The van der Waals surface area contributed by atoms with Crippen molar-refractivity contribution in [2.45, 2.75) is 13.5 Å². The van der Waals surface area contributed by atoms with Crippen molar-refractivity contribution in [2.24, 2.45) is 5.73 Å². The molecule has 0 aliphatic rings. The maximum Gasteiger partial charge on any atom is 0.232 e. The van der Waals surface area contributed by atoms with Crippen molar-refractivity contribution in [1.29, 1.82) is 0 Å². The number of allylic oxidation sites excluding steroid dienone is 1. The van der Waals surface area contributed by atoms with Gasteiger partial charge in [-0.1, -0.05) is 12.2 Å². The normalized spacial score (nSPS) is 10.6. The summed E-state index contributed by atoms with van der Waals surface area (Å²) in [7, 11) is 0. The topological polar surface area (TPSA) is 61.0 Å². The minimum Gasteiger partial charge on any atom is -0.472 e. The average molecular weight is 179 g/mol. The predicted octanol–water partition coefficient (Wildman–Crippen LogP) is 0.890. The van der Waals surface area contributed by atoms with Gasteiger partial charge < -0.3 is 10.5 Å². The third-order valence-electron chi connectivity index (χ3n) is 1.43. The van der Waals surface area contributed by atoms with E-state index in [1.807, 2.05) is 19.1 Å². The quantitative estimate of drug-likeness (QED) is 0.697. The van der Waals surface area contributed by atoms with Crippen LogP contribution >= 0.6 is 0 Å². The lowest BCUT2D eigenvalue weighted by Gasteiger charge is -2.02. The SMILES string of the molecule is CC=CCOc1cncc(CN)n1. The van der Waals surface area contributed by atoms with Gasteiger partial charge in [0.2, 0.25) is 5.88 Å². The van der Waals surface area contributed by atoms with Crippen molar-refractivity contribution in [3.05, 3.63) is 30.2 Å². The zero-order valence-electron chi connectivity index (χ0n) is 7.60. The van der Waals surface area contributed by atoms with E-state index in [1.54, 1.807) is 12.4 Å².